The van der Waals surface area contributed by atoms with Gasteiger partial charge in [0.15, 0.2) is 0 Å². The van der Waals surface area contributed by atoms with Gasteiger partial charge in [-0.05, 0) is 55.5 Å². The molecule has 1 amide bonds. The van der Waals surface area contributed by atoms with E-state index in [1.54, 1.807) is 72.8 Å². The van der Waals surface area contributed by atoms with Gasteiger partial charge >= 0.3 is 0 Å². The first-order chi connectivity index (χ1) is 15.3. The van der Waals surface area contributed by atoms with Gasteiger partial charge in [-0.15, -0.1) is 0 Å². The minimum Gasteiger partial charge on any atom is -0.324 e. The molecule has 0 radical (unpaired) electrons. The lowest BCUT2D eigenvalue weighted by Crippen LogP contribution is -2.22. The molecule has 3 aromatic carbocycles. The van der Waals surface area contributed by atoms with Crippen LogP contribution in [0.3, 0.4) is 0 Å². The van der Waals surface area contributed by atoms with E-state index in [0.717, 1.165) is 5.56 Å². The molecule has 0 bridgehead atoms. The van der Waals surface area contributed by atoms with Crippen LogP contribution in [0.5, 0.6) is 0 Å². The third-order valence-corrected chi connectivity index (χ3v) is 6.20. The molecule has 4 aromatic rings. The number of amides is 1. The number of hydrogen-bond donors (Lipinski definition) is 2. The van der Waals surface area contributed by atoms with Crippen LogP contribution in [0.15, 0.2) is 88.7 Å². The molecule has 0 atom stereocenters. The number of aromatic nitrogens is 2. The highest BCUT2D eigenvalue weighted by Crippen LogP contribution is 2.19. The number of nitrogens with one attached hydrogen (secondary N) is 2. The molecule has 32 heavy (non-hydrogen) atoms. The fourth-order valence-electron chi connectivity index (χ4n) is 3.18. The van der Waals surface area contributed by atoms with Crippen LogP contribution in [0.4, 0.5) is 11.4 Å². The number of anilines is 2. The van der Waals surface area contributed by atoms with Crippen LogP contribution in [0.25, 0.3) is 10.9 Å². The molecular weight excluding hydrogens is 428 g/mol. The number of benzene rings is 3. The summed E-state index contributed by atoms with van der Waals surface area (Å²) in [4.78, 5) is 24.6. The van der Waals surface area contributed by atoms with Crippen molar-refractivity contribution in [2.24, 2.45) is 0 Å². The van der Waals surface area contributed by atoms with Gasteiger partial charge in [0.05, 0.1) is 16.6 Å². The number of fused-ring (bicyclic) bond motifs is 1. The Morgan fingerprint density at radius 1 is 0.938 bits per heavy atom. The zero-order valence-corrected chi connectivity index (χ0v) is 18.0. The van der Waals surface area contributed by atoms with Crippen LogP contribution in [-0.2, 0) is 21.4 Å². The molecule has 9 heteroatoms. The monoisotopic (exact) mass is 448 g/mol. The fourth-order valence-corrected chi connectivity index (χ4v) is 4.24. The number of sulfonamides is 1. The number of carbonyl (C=O) groups is 1. The minimum atomic E-state index is -3.71. The van der Waals surface area contributed by atoms with Crippen LogP contribution in [0, 0.1) is 6.92 Å². The smallest absolute Gasteiger partial charge is 0.261 e. The summed E-state index contributed by atoms with van der Waals surface area (Å²) < 4.78 is 29.0. The second-order valence-electron chi connectivity index (χ2n) is 7.23. The number of nitrogens with zero attached hydrogens (tertiary/aromatic N) is 2. The van der Waals surface area contributed by atoms with E-state index in [1.807, 2.05) is 6.92 Å². The zero-order chi connectivity index (χ0) is 22.7. The van der Waals surface area contributed by atoms with Gasteiger partial charge in [0, 0.05) is 16.8 Å². The first-order valence-corrected chi connectivity index (χ1v) is 11.2. The maximum Gasteiger partial charge on any atom is 0.261 e. The zero-order valence-electron chi connectivity index (χ0n) is 17.1. The van der Waals surface area contributed by atoms with Gasteiger partial charge in [-0.25, -0.2) is 8.42 Å². The average Bonchev–Trinajstić information content (AvgIpc) is 2.77. The van der Waals surface area contributed by atoms with Crippen LogP contribution < -0.4 is 15.5 Å². The first-order valence-electron chi connectivity index (χ1n) is 9.76. The molecule has 1 aromatic heterocycles. The lowest BCUT2D eigenvalue weighted by atomic mass is 10.2. The Labute approximate surface area is 184 Å². The Morgan fingerprint density at radius 3 is 2.31 bits per heavy atom. The van der Waals surface area contributed by atoms with Crippen LogP contribution >= 0.6 is 0 Å². The number of para-hydroxylation sites is 1. The van der Waals surface area contributed by atoms with Gasteiger partial charge < -0.3 is 5.32 Å². The van der Waals surface area contributed by atoms with E-state index >= 15 is 0 Å². The molecule has 4 rings (SSSR count). The Morgan fingerprint density at radius 2 is 1.59 bits per heavy atom. The van der Waals surface area contributed by atoms with Gasteiger partial charge in [-0.3, -0.25) is 19.0 Å². The average molecular weight is 449 g/mol. The quantitative estimate of drug-likeness (QED) is 0.471. The van der Waals surface area contributed by atoms with Crippen molar-refractivity contribution in [3.8, 4) is 0 Å². The Balaban J connectivity index is 1.44. The summed E-state index contributed by atoms with van der Waals surface area (Å²) in [5, 5.41) is 7.27. The summed E-state index contributed by atoms with van der Waals surface area (Å²) in [6.07, 6.45) is 1.19. The predicted octanol–water partition coefficient (Wildman–Crippen LogP) is 3.14. The molecule has 162 valence electrons. The summed E-state index contributed by atoms with van der Waals surface area (Å²) >= 11 is 0. The normalized spacial score (nSPS) is 11.3. The van der Waals surface area contributed by atoms with Gasteiger partial charge in [-0.2, -0.15) is 5.10 Å². The molecule has 0 fully saturated rings. The van der Waals surface area contributed by atoms with E-state index in [-0.39, 0.29) is 22.8 Å². The highest BCUT2D eigenvalue weighted by Gasteiger charge is 2.14. The summed E-state index contributed by atoms with van der Waals surface area (Å²) in [6.45, 7) is 1.80. The van der Waals surface area contributed by atoms with Crippen LogP contribution in [0.1, 0.15) is 5.56 Å². The number of carbonyl (C=O) groups excluding carboxylic acids is 1. The largest absolute Gasteiger partial charge is 0.324 e. The topological polar surface area (TPSA) is 110 Å². The fraction of sp³-hybridized carbons (Fsp3) is 0.0870. The summed E-state index contributed by atoms with van der Waals surface area (Å²) in [5.74, 6) is -0.334. The van der Waals surface area contributed by atoms with Crippen molar-refractivity contribution in [3.63, 3.8) is 0 Å². The maximum atomic E-state index is 12.5. The van der Waals surface area contributed by atoms with Crippen molar-refractivity contribution >= 4 is 38.2 Å². The highest BCUT2D eigenvalue weighted by molar-refractivity contribution is 7.92. The van der Waals surface area contributed by atoms with E-state index in [9.17, 15) is 18.0 Å². The summed E-state index contributed by atoms with van der Waals surface area (Å²) in [7, 11) is -3.71. The van der Waals surface area contributed by atoms with E-state index < -0.39 is 10.0 Å². The van der Waals surface area contributed by atoms with Gasteiger partial charge in [-0.1, -0.05) is 29.8 Å². The van der Waals surface area contributed by atoms with E-state index in [4.69, 9.17) is 0 Å². The molecule has 8 nitrogen and oxygen atoms in total. The molecule has 0 saturated carbocycles. The molecule has 0 unspecified atom stereocenters. The lowest BCUT2D eigenvalue weighted by Gasteiger charge is -2.11. The predicted molar refractivity (Wildman–Crippen MR) is 123 cm³/mol. The van der Waals surface area contributed by atoms with Crippen molar-refractivity contribution in [2.75, 3.05) is 10.0 Å². The molecule has 0 aliphatic rings. The summed E-state index contributed by atoms with van der Waals surface area (Å²) in [5.41, 5.74) is 2.20. The molecule has 1 heterocycles. The van der Waals surface area contributed by atoms with Gasteiger partial charge in [0.1, 0.15) is 6.54 Å². The van der Waals surface area contributed by atoms with E-state index in [0.29, 0.717) is 22.3 Å². The molecule has 2 N–H and O–H groups in total. The first kappa shape index (κ1) is 21.3. The maximum absolute atomic E-state index is 12.5. The Hall–Kier alpha value is -3.98. The van der Waals surface area contributed by atoms with Crippen molar-refractivity contribution < 1.29 is 13.2 Å². The third-order valence-electron chi connectivity index (χ3n) is 4.81. The SMILES string of the molecule is Cc1ccc(S(=O)(=O)Nc2ccc(NC(=O)Cn3ncc(=O)c4ccccc43)cc2)cc1. The molecular formula is C23H20N4O4S. The minimum absolute atomic E-state index is 0.0808. The second-order valence-corrected chi connectivity index (χ2v) is 8.91. The van der Waals surface area contributed by atoms with Crippen molar-refractivity contribution in [3.05, 3.63) is 94.8 Å². The molecule has 0 aliphatic heterocycles. The lowest BCUT2D eigenvalue weighted by molar-refractivity contribution is -0.116. The molecule has 0 spiro atoms. The Bertz CT molecular complexity index is 1440. The Kier molecular flexibility index (Phi) is 5.74. The van der Waals surface area contributed by atoms with Crippen LogP contribution in [-0.4, -0.2) is 24.1 Å². The standard InChI is InChI=1S/C23H20N4O4S/c1-16-6-12-19(13-7-16)32(30,31)26-18-10-8-17(9-11-18)25-23(29)15-27-21-5-3-2-4-20(21)22(28)14-24-27/h2-14,26H,15H2,1H3,(H,25,29). The molecule has 0 saturated heterocycles. The van der Waals surface area contributed by atoms with Crippen molar-refractivity contribution in [2.45, 2.75) is 18.4 Å². The van der Waals surface area contributed by atoms with Gasteiger partial charge in [0.2, 0.25) is 11.3 Å². The summed E-state index contributed by atoms with van der Waals surface area (Å²) in [6, 6.07) is 19.8. The third kappa shape index (κ3) is 4.68. The molecule has 0 aliphatic carbocycles. The van der Waals surface area contributed by atoms with E-state index in [1.165, 1.54) is 10.9 Å². The van der Waals surface area contributed by atoms with Crippen LogP contribution in [0.2, 0.25) is 0 Å². The number of aryl methyl sites for hydroxylation is 1. The van der Waals surface area contributed by atoms with Gasteiger partial charge in [0.25, 0.3) is 10.0 Å². The van der Waals surface area contributed by atoms with Crippen molar-refractivity contribution in [1.82, 2.24) is 9.78 Å². The second kappa shape index (κ2) is 8.64. The highest BCUT2D eigenvalue weighted by atomic mass is 32.2. The van der Waals surface area contributed by atoms with Crippen molar-refractivity contribution in [1.29, 1.82) is 0 Å². The van der Waals surface area contributed by atoms with E-state index in [2.05, 4.69) is 15.1 Å². The number of rotatable bonds is 6. The number of hydrogen-bond acceptors (Lipinski definition) is 5.